The second-order valence-electron chi connectivity index (χ2n) is 6.50. The lowest BCUT2D eigenvalue weighted by atomic mass is 10.6. The minimum Gasteiger partial charge on any atom is -0.378 e. The molecular formula is C22H44BrIO10. The molecule has 0 aromatic carbocycles. The number of ether oxygens (including phenoxy) is 10. The summed E-state index contributed by atoms with van der Waals surface area (Å²) in [6, 6.07) is 0. The van der Waals surface area contributed by atoms with Gasteiger partial charge in [0.2, 0.25) is 0 Å². The SMILES string of the molecule is BrCCOCCOCCOCCOCCOCCOCCOCCOCCOCCOCCI. The molecule has 0 atom stereocenters. The van der Waals surface area contributed by atoms with Gasteiger partial charge in [-0.25, -0.2) is 0 Å². The van der Waals surface area contributed by atoms with Crippen molar-refractivity contribution >= 4 is 38.5 Å². The van der Waals surface area contributed by atoms with Crippen LogP contribution in [0.1, 0.15) is 0 Å². The van der Waals surface area contributed by atoms with Crippen molar-refractivity contribution < 1.29 is 47.4 Å². The molecule has 0 unspecified atom stereocenters. The third-order valence-corrected chi connectivity index (χ3v) is 4.56. The predicted octanol–water partition coefficient (Wildman–Crippen LogP) is 1.98. The van der Waals surface area contributed by atoms with E-state index >= 15 is 0 Å². The van der Waals surface area contributed by atoms with E-state index in [0.717, 1.165) is 16.4 Å². The minimum absolute atomic E-state index is 0.531. The zero-order valence-corrected chi connectivity index (χ0v) is 24.1. The van der Waals surface area contributed by atoms with E-state index in [0.29, 0.717) is 126 Å². The molecule has 0 aliphatic heterocycles. The van der Waals surface area contributed by atoms with E-state index in [-0.39, 0.29) is 0 Å². The summed E-state index contributed by atoms with van der Waals surface area (Å²) in [6.45, 7) is 11.5. The zero-order valence-electron chi connectivity index (χ0n) is 20.4. The first kappa shape index (κ1) is 34.8. The molecule has 0 bridgehead atoms. The van der Waals surface area contributed by atoms with Crippen LogP contribution in [0.15, 0.2) is 0 Å². The highest BCUT2D eigenvalue weighted by molar-refractivity contribution is 14.1. The van der Waals surface area contributed by atoms with E-state index in [1.54, 1.807) is 0 Å². The molecule has 0 saturated carbocycles. The molecule has 34 heavy (non-hydrogen) atoms. The normalized spacial score (nSPS) is 11.5. The van der Waals surface area contributed by atoms with Gasteiger partial charge in [0.15, 0.2) is 0 Å². The quantitative estimate of drug-likeness (QED) is 0.0618. The minimum atomic E-state index is 0.531. The molecule has 12 heteroatoms. The summed E-state index contributed by atoms with van der Waals surface area (Å²) < 4.78 is 55.0. The molecule has 0 saturated heterocycles. The summed E-state index contributed by atoms with van der Waals surface area (Å²) in [5.41, 5.74) is 0. The summed E-state index contributed by atoms with van der Waals surface area (Å²) in [6.07, 6.45) is 0. The number of hydrogen-bond donors (Lipinski definition) is 0. The topological polar surface area (TPSA) is 92.3 Å². The van der Waals surface area contributed by atoms with Crippen LogP contribution in [0.25, 0.3) is 0 Å². The second kappa shape index (κ2) is 33.8. The van der Waals surface area contributed by atoms with Crippen LogP contribution in [0.3, 0.4) is 0 Å². The smallest absolute Gasteiger partial charge is 0.0701 e. The molecule has 0 rings (SSSR count). The predicted molar refractivity (Wildman–Crippen MR) is 141 cm³/mol. The number of halogens is 2. The lowest BCUT2D eigenvalue weighted by Gasteiger charge is -2.09. The Morgan fingerprint density at radius 2 is 0.471 bits per heavy atom. The summed E-state index contributed by atoms with van der Waals surface area (Å²) in [5, 5.41) is 0.843. The number of alkyl halides is 2. The number of rotatable bonds is 31. The Hall–Kier alpha value is 0.810. The van der Waals surface area contributed by atoms with E-state index in [1.807, 2.05) is 0 Å². The molecule has 0 N–H and O–H groups in total. The van der Waals surface area contributed by atoms with Gasteiger partial charge in [0.25, 0.3) is 0 Å². The van der Waals surface area contributed by atoms with Gasteiger partial charge in [0, 0.05) is 9.76 Å². The van der Waals surface area contributed by atoms with Gasteiger partial charge >= 0.3 is 0 Å². The molecule has 0 aromatic heterocycles. The Labute approximate surface area is 227 Å². The Bertz CT molecular complexity index is 330. The van der Waals surface area contributed by atoms with Gasteiger partial charge in [0.1, 0.15) is 0 Å². The van der Waals surface area contributed by atoms with E-state index in [4.69, 9.17) is 47.4 Å². The van der Waals surface area contributed by atoms with Crippen LogP contribution in [-0.2, 0) is 47.4 Å². The average Bonchev–Trinajstić information content (AvgIpc) is 2.85. The monoisotopic (exact) mass is 674 g/mol. The van der Waals surface area contributed by atoms with E-state index in [9.17, 15) is 0 Å². The summed E-state index contributed by atoms with van der Waals surface area (Å²) in [4.78, 5) is 0. The largest absolute Gasteiger partial charge is 0.378 e. The van der Waals surface area contributed by atoms with Crippen LogP contribution in [0.4, 0.5) is 0 Å². The Morgan fingerprint density at radius 1 is 0.294 bits per heavy atom. The molecule has 0 aliphatic carbocycles. The summed E-state index contributed by atoms with van der Waals surface area (Å²) >= 11 is 5.57. The molecule has 206 valence electrons. The van der Waals surface area contributed by atoms with Crippen molar-refractivity contribution in [2.24, 2.45) is 0 Å². The van der Waals surface area contributed by atoms with Crippen LogP contribution in [-0.4, -0.2) is 142 Å². The first-order valence-corrected chi connectivity index (χ1v) is 14.5. The maximum atomic E-state index is 5.45. The van der Waals surface area contributed by atoms with Crippen molar-refractivity contribution in [3.05, 3.63) is 0 Å². The van der Waals surface area contributed by atoms with Crippen LogP contribution < -0.4 is 0 Å². The molecule has 0 fully saturated rings. The standard InChI is InChI=1S/C22H44BrIO10/c23-1-3-25-5-7-27-9-11-29-13-15-31-17-19-33-21-22-34-20-18-32-16-14-30-12-10-28-8-6-26-4-2-24/h1-22H2. The lowest BCUT2D eigenvalue weighted by molar-refractivity contribution is -0.0260. The van der Waals surface area contributed by atoms with Gasteiger partial charge in [-0.3, -0.25) is 0 Å². The van der Waals surface area contributed by atoms with Crippen LogP contribution in [0.2, 0.25) is 0 Å². The highest BCUT2D eigenvalue weighted by atomic mass is 127. The first-order valence-electron chi connectivity index (χ1n) is 11.8. The van der Waals surface area contributed by atoms with Gasteiger partial charge in [-0.05, 0) is 0 Å². The highest BCUT2D eigenvalue weighted by Crippen LogP contribution is 1.87. The molecular weight excluding hydrogens is 631 g/mol. The van der Waals surface area contributed by atoms with Crippen LogP contribution >= 0.6 is 38.5 Å². The molecule has 0 aromatic rings. The Morgan fingerprint density at radius 3 is 0.647 bits per heavy atom. The zero-order chi connectivity index (χ0) is 24.6. The first-order chi connectivity index (χ1) is 16.9. The summed E-state index contributed by atoms with van der Waals surface area (Å²) in [7, 11) is 0. The van der Waals surface area contributed by atoms with Crippen molar-refractivity contribution in [3.8, 4) is 0 Å². The molecule has 10 nitrogen and oxygen atoms in total. The number of hydrogen-bond acceptors (Lipinski definition) is 10. The molecule has 0 heterocycles. The van der Waals surface area contributed by atoms with E-state index in [2.05, 4.69) is 38.5 Å². The highest BCUT2D eigenvalue weighted by Gasteiger charge is 1.95. The van der Waals surface area contributed by atoms with E-state index < -0.39 is 0 Å². The van der Waals surface area contributed by atoms with Gasteiger partial charge in [-0.2, -0.15) is 0 Å². The van der Waals surface area contributed by atoms with Crippen molar-refractivity contribution in [3.63, 3.8) is 0 Å². The van der Waals surface area contributed by atoms with E-state index in [1.165, 1.54) is 0 Å². The summed E-state index contributed by atoms with van der Waals surface area (Å²) in [5.74, 6) is 0. The fraction of sp³-hybridized carbons (Fsp3) is 1.00. The van der Waals surface area contributed by atoms with Crippen molar-refractivity contribution in [2.75, 3.05) is 142 Å². The molecule has 0 aliphatic rings. The third kappa shape index (κ3) is 32.8. The maximum Gasteiger partial charge on any atom is 0.0701 e. The Kier molecular flexibility index (Phi) is 34.6. The fourth-order valence-electron chi connectivity index (χ4n) is 2.19. The molecule has 0 radical (unpaired) electrons. The average molecular weight is 675 g/mol. The second-order valence-corrected chi connectivity index (χ2v) is 8.37. The fourth-order valence-corrected chi connectivity index (χ4v) is 2.73. The molecule has 0 spiro atoms. The van der Waals surface area contributed by atoms with Gasteiger partial charge in [0.05, 0.1) is 132 Å². The maximum absolute atomic E-state index is 5.45. The van der Waals surface area contributed by atoms with Gasteiger partial charge < -0.3 is 47.4 Å². The van der Waals surface area contributed by atoms with Crippen molar-refractivity contribution in [1.29, 1.82) is 0 Å². The van der Waals surface area contributed by atoms with Crippen LogP contribution in [0.5, 0.6) is 0 Å². The lowest BCUT2D eigenvalue weighted by Crippen LogP contribution is -2.15. The van der Waals surface area contributed by atoms with Gasteiger partial charge in [-0.15, -0.1) is 0 Å². The van der Waals surface area contributed by atoms with Gasteiger partial charge in [-0.1, -0.05) is 38.5 Å². The van der Waals surface area contributed by atoms with Crippen molar-refractivity contribution in [1.82, 2.24) is 0 Å². The Balaban J connectivity index is 2.99. The third-order valence-electron chi connectivity index (χ3n) is 3.79. The van der Waals surface area contributed by atoms with Crippen molar-refractivity contribution in [2.45, 2.75) is 0 Å². The van der Waals surface area contributed by atoms with Crippen LogP contribution in [0, 0.1) is 0 Å². The molecule has 0 amide bonds.